The monoisotopic (exact) mass is 482 g/mol. The van der Waals surface area contributed by atoms with Crippen LogP contribution in [0.1, 0.15) is 40.3 Å². The van der Waals surface area contributed by atoms with E-state index in [4.69, 9.17) is 4.74 Å². The van der Waals surface area contributed by atoms with E-state index in [2.05, 4.69) is 23.6 Å². The minimum absolute atomic E-state index is 0.00311. The van der Waals surface area contributed by atoms with Crippen molar-refractivity contribution in [1.82, 2.24) is 9.80 Å². The third-order valence-corrected chi connectivity index (χ3v) is 7.78. The van der Waals surface area contributed by atoms with Crippen LogP contribution in [0.25, 0.3) is 0 Å². The third-order valence-electron chi connectivity index (χ3n) is 5.91. The maximum Gasteiger partial charge on any atom is 0.242 e. The highest BCUT2D eigenvalue weighted by molar-refractivity contribution is 7.10. The molecule has 5 nitrogen and oxygen atoms in total. The van der Waals surface area contributed by atoms with Crippen molar-refractivity contribution in [3.05, 3.63) is 80.2 Å². The number of nitrogens with zero attached hydrogens (tertiary/aromatic N) is 2. The van der Waals surface area contributed by atoms with E-state index in [-0.39, 0.29) is 24.4 Å². The number of carbonyl (C=O) groups is 2. The van der Waals surface area contributed by atoms with Crippen molar-refractivity contribution in [3.8, 4) is 0 Å². The molecule has 7 heteroatoms. The number of thiophene rings is 2. The molecule has 0 radical (unpaired) electrons. The van der Waals surface area contributed by atoms with Crippen molar-refractivity contribution in [2.75, 3.05) is 32.8 Å². The van der Waals surface area contributed by atoms with Crippen LogP contribution in [0.5, 0.6) is 0 Å². The average molecular weight is 483 g/mol. The molecule has 33 heavy (non-hydrogen) atoms. The Morgan fingerprint density at radius 3 is 2.70 bits per heavy atom. The molecule has 1 aliphatic heterocycles. The molecule has 0 N–H and O–H groups in total. The standard InChI is InChI=1S/C26H30N2O3S2/c1-2-31-15-7-13-27(24(29)18-21-10-6-16-32-21)19-25(30)28-14-11-23-22(12-17-33-23)26(28)20-8-4-3-5-9-20/h3-6,8-10,12,16-17,26H,2,7,11,13-15,18-19H2,1H3. The summed E-state index contributed by atoms with van der Waals surface area (Å²) < 4.78 is 5.47. The summed E-state index contributed by atoms with van der Waals surface area (Å²) in [4.78, 5) is 32.8. The van der Waals surface area contributed by atoms with Crippen molar-refractivity contribution >= 4 is 34.5 Å². The number of rotatable bonds is 10. The van der Waals surface area contributed by atoms with Crippen molar-refractivity contribution < 1.29 is 14.3 Å². The van der Waals surface area contributed by atoms with Crippen LogP contribution in [0, 0.1) is 0 Å². The van der Waals surface area contributed by atoms with Crippen LogP contribution in [0.4, 0.5) is 0 Å². The lowest BCUT2D eigenvalue weighted by Gasteiger charge is -2.37. The van der Waals surface area contributed by atoms with Crippen molar-refractivity contribution in [2.45, 2.75) is 32.2 Å². The predicted octanol–water partition coefficient (Wildman–Crippen LogP) is 4.78. The summed E-state index contributed by atoms with van der Waals surface area (Å²) in [6.07, 6.45) is 1.90. The fourth-order valence-corrected chi connectivity index (χ4v) is 5.90. The van der Waals surface area contributed by atoms with E-state index in [1.54, 1.807) is 27.6 Å². The first-order valence-corrected chi connectivity index (χ1v) is 13.2. The number of hydrogen-bond acceptors (Lipinski definition) is 5. The second-order valence-corrected chi connectivity index (χ2v) is 10.1. The molecule has 3 aromatic rings. The maximum absolute atomic E-state index is 13.6. The molecule has 0 saturated carbocycles. The first-order chi connectivity index (χ1) is 16.2. The first-order valence-electron chi connectivity index (χ1n) is 11.5. The molecule has 2 amide bonds. The van der Waals surface area contributed by atoms with Crippen LogP contribution in [0.15, 0.2) is 59.3 Å². The van der Waals surface area contributed by atoms with Gasteiger partial charge in [0.15, 0.2) is 0 Å². The van der Waals surface area contributed by atoms with Gasteiger partial charge in [-0.25, -0.2) is 0 Å². The molecule has 1 aliphatic rings. The Kier molecular flexibility index (Phi) is 8.31. The molecule has 1 atom stereocenters. The van der Waals surface area contributed by atoms with E-state index in [1.807, 2.05) is 47.5 Å². The Balaban J connectivity index is 1.52. The maximum atomic E-state index is 13.6. The van der Waals surface area contributed by atoms with E-state index >= 15 is 0 Å². The number of hydrogen-bond donors (Lipinski definition) is 0. The van der Waals surface area contributed by atoms with Gasteiger partial charge < -0.3 is 14.5 Å². The van der Waals surface area contributed by atoms with E-state index in [1.165, 1.54) is 10.4 Å². The zero-order chi connectivity index (χ0) is 23.0. The van der Waals surface area contributed by atoms with Crippen LogP contribution in [0.3, 0.4) is 0 Å². The fourth-order valence-electron chi connectivity index (χ4n) is 4.30. The molecule has 2 aromatic heterocycles. The number of ether oxygens (including phenoxy) is 1. The zero-order valence-electron chi connectivity index (χ0n) is 18.9. The molecule has 4 rings (SSSR count). The lowest BCUT2D eigenvalue weighted by atomic mass is 9.93. The number of amides is 2. The molecular formula is C26H30N2O3S2. The van der Waals surface area contributed by atoms with Crippen LogP contribution in [-0.4, -0.2) is 54.5 Å². The van der Waals surface area contributed by atoms with Gasteiger partial charge in [-0.05, 0) is 53.8 Å². The van der Waals surface area contributed by atoms with Gasteiger partial charge in [0.2, 0.25) is 11.8 Å². The van der Waals surface area contributed by atoms with Crippen LogP contribution in [0.2, 0.25) is 0 Å². The Bertz CT molecular complexity index is 1030. The highest BCUT2D eigenvalue weighted by atomic mass is 32.1. The van der Waals surface area contributed by atoms with Gasteiger partial charge in [-0.15, -0.1) is 22.7 Å². The van der Waals surface area contributed by atoms with E-state index in [9.17, 15) is 9.59 Å². The van der Waals surface area contributed by atoms with E-state index in [0.29, 0.717) is 39.1 Å². The molecule has 0 aliphatic carbocycles. The Labute approximate surface area is 203 Å². The van der Waals surface area contributed by atoms with Gasteiger partial charge in [-0.1, -0.05) is 36.4 Å². The molecule has 0 fully saturated rings. The normalized spacial score (nSPS) is 15.3. The highest BCUT2D eigenvalue weighted by Gasteiger charge is 2.33. The summed E-state index contributed by atoms with van der Waals surface area (Å²) in [5, 5.41) is 4.09. The van der Waals surface area contributed by atoms with E-state index in [0.717, 1.165) is 16.9 Å². The Morgan fingerprint density at radius 2 is 1.94 bits per heavy atom. The number of benzene rings is 1. The number of carbonyl (C=O) groups excluding carboxylic acids is 2. The van der Waals surface area contributed by atoms with Gasteiger partial charge in [-0.2, -0.15) is 0 Å². The van der Waals surface area contributed by atoms with Gasteiger partial charge in [0.1, 0.15) is 0 Å². The van der Waals surface area contributed by atoms with Gasteiger partial charge >= 0.3 is 0 Å². The largest absolute Gasteiger partial charge is 0.382 e. The summed E-state index contributed by atoms with van der Waals surface area (Å²) in [7, 11) is 0. The lowest BCUT2D eigenvalue weighted by Crippen LogP contribution is -2.47. The fraction of sp³-hybridized carbons (Fsp3) is 0.385. The summed E-state index contributed by atoms with van der Waals surface area (Å²) in [5.74, 6) is -0.0107. The zero-order valence-corrected chi connectivity index (χ0v) is 20.6. The molecule has 1 aromatic carbocycles. The van der Waals surface area contributed by atoms with Gasteiger partial charge in [-0.3, -0.25) is 9.59 Å². The quantitative estimate of drug-likeness (QED) is 0.391. The molecule has 174 valence electrons. The Morgan fingerprint density at radius 1 is 1.09 bits per heavy atom. The SMILES string of the molecule is CCOCCCN(CC(=O)N1CCc2sccc2C1c1ccccc1)C(=O)Cc1cccs1. The molecule has 3 heterocycles. The second-order valence-electron chi connectivity index (χ2n) is 8.07. The van der Waals surface area contributed by atoms with Crippen LogP contribution in [-0.2, 0) is 27.2 Å². The molecular weight excluding hydrogens is 452 g/mol. The molecule has 0 bridgehead atoms. The lowest BCUT2D eigenvalue weighted by molar-refractivity contribution is -0.141. The molecule has 0 spiro atoms. The van der Waals surface area contributed by atoms with Gasteiger partial charge in [0.05, 0.1) is 19.0 Å². The van der Waals surface area contributed by atoms with Crippen molar-refractivity contribution in [1.29, 1.82) is 0 Å². The third kappa shape index (κ3) is 5.91. The highest BCUT2D eigenvalue weighted by Crippen LogP contribution is 2.37. The second kappa shape index (κ2) is 11.6. The minimum atomic E-state index is -0.105. The van der Waals surface area contributed by atoms with Gasteiger partial charge in [0, 0.05) is 36.1 Å². The van der Waals surface area contributed by atoms with Crippen molar-refractivity contribution in [3.63, 3.8) is 0 Å². The molecule has 0 saturated heterocycles. The van der Waals surface area contributed by atoms with Crippen LogP contribution < -0.4 is 0 Å². The molecule has 1 unspecified atom stereocenters. The van der Waals surface area contributed by atoms with Crippen LogP contribution >= 0.6 is 22.7 Å². The average Bonchev–Trinajstić information content (AvgIpc) is 3.52. The summed E-state index contributed by atoms with van der Waals surface area (Å²) in [5.41, 5.74) is 2.32. The topological polar surface area (TPSA) is 49.9 Å². The summed E-state index contributed by atoms with van der Waals surface area (Å²) in [6.45, 7) is 4.47. The Hall–Kier alpha value is -2.48. The smallest absolute Gasteiger partial charge is 0.242 e. The van der Waals surface area contributed by atoms with E-state index < -0.39 is 0 Å². The first kappa shape index (κ1) is 23.7. The van der Waals surface area contributed by atoms with Gasteiger partial charge in [0.25, 0.3) is 0 Å². The van der Waals surface area contributed by atoms with Crippen molar-refractivity contribution in [2.24, 2.45) is 0 Å². The predicted molar refractivity (Wildman–Crippen MR) is 134 cm³/mol. The minimum Gasteiger partial charge on any atom is -0.382 e. The summed E-state index contributed by atoms with van der Waals surface area (Å²) >= 11 is 3.33. The number of fused-ring (bicyclic) bond motifs is 1. The summed E-state index contributed by atoms with van der Waals surface area (Å²) in [6, 6.07) is 16.2.